The van der Waals surface area contributed by atoms with Gasteiger partial charge in [0.1, 0.15) is 22.6 Å². The molecule has 13 heteroatoms. The molecular formula is C72H102N8O2Si3. The molecule has 0 N–H and O–H groups in total. The van der Waals surface area contributed by atoms with Crippen LogP contribution in [0.2, 0.25) is 38.3 Å². The number of aromatic nitrogens is 2. The first-order valence-corrected chi connectivity index (χ1v) is 42.2. The number of nitrogens with zero attached hydrogens (tertiary/aromatic N) is 8. The summed E-state index contributed by atoms with van der Waals surface area (Å²) in [5.41, 5.74) is 5.29. The molecule has 10 nitrogen and oxygen atoms in total. The Hall–Kier alpha value is -5.19. The Morgan fingerprint density at radius 2 is 0.565 bits per heavy atom. The summed E-state index contributed by atoms with van der Waals surface area (Å²) in [6.45, 7) is 14.4. The van der Waals surface area contributed by atoms with Gasteiger partial charge < -0.3 is 8.23 Å². The van der Waals surface area contributed by atoms with Gasteiger partial charge in [-0.1, -0.05) is 316 Å². The van der Waals surface area contributed by atoms with Crippen LogP contribution < -0.4 is 11.0 Å². The van der Waals surface area contributed by atoms with Crippen molar-refractivity contribution in [3.05, 3.63) is 130 Å². The van der Waals surface area contributed by atoms with Crippen LogP contribution in [0, 0.1) is 0 Å². The molecule has 2 aromatic heterocycles. The van der Waals surface area contributed by atoms with E-state index in [-0.39, 0.29) is 0 Å². The minimum Gasteiger partial charge on any atom is -0.404 e. The summed E-state index contributed by atoms with van der Waals surface area (Å²) in [6.07, 6.45) is 43.1. The van der Waals surface area contributed by atoms with E-state index < -0.39 is 25.5 Å². The fourth-order valence-corrected chi connectivity index (χ4v) is 26.4. The largest absolute Gasteiger partial charge is 0.582 e. The molecule has 0 unspecified atom stereocenters. The second-order valence-electron chi connectivity index (χ2n) is 26.5. The third kappa shape index (κ3) is 15.6. The monoisotopic (exact) mass is 1190 g/mol. The number of benzene rings is 4. The van der Waals surface area contributed by atoms with Crippen molar-refractivity contribution >= 4 is 82.0 Å². The lowest BCUT2D eigenvalue weighted by molar-refractivity contribution is 0.332. The van der Waals surface area contributed by atoms with Gasteiger partial charge in [-0.05, 0) is 38.3 Å². The quantitative estimate of drug-likeness (QED) is 0.0285. The Morgan fingerprint density at radius 3 is 0.871 bits per heavy atom. The van der Waals surface area contributed by atoms with Crippen LogP contribution in [0.15, 0.2) is 127 Å². The van der Waals surface area contributed by atoms with E-state index in [9.17, 15) is 0 Å². The molecule has 0 saturated heterocycles. The normalized spacial score (nSPS) is 16.9. The molecule has 10 rings (SSSR count). The second kappa shape index (κ2) is 30.6. The van der Waals surface area contributed by atoms with Gasteiger partial charge in [-0.3, -0.25) is 8.47 Å². The van der Waals surface area contributed by atoms with Gasteiger partial charge in [-0.25, -0.2) is 30.0 Å². The SMILES string of the molecule is CCCCCCCCCCCCCCCCCC[Si](C)(C)O[Si]1(O[Si](C)(C)CCCCCCCCCCCCCCCCCC)n2c3c4ccccc4c2/N=C2N=C(/N=c4/c5ccccc5/c(n41)=N/C1=NC(=N\3)/c3ccccc31)c1ccccc1\2. The highest BCUT2D eigenvalue weighted by Crippen LogP contribution is 2.45. The van der Waals surface area contributed by atoms with Gasteiger partial charge in [0, 0.05) is 43.8 Å². The maximum Gasteiger partial charge on any atom is 0.582 e. The Morgan fingerprint density at radius 1 is 0.306 bits per heavy atom. The number of unbranched alkanes of at least 4 members (excludes halogenated alkanes) is 30. The molecule has 0 spiro atoms. The molecule has 0 saturated carbocycles. The summed E-state index contributed by atoms with van der Waals surface area (Å²) in [4.78, 5) is 33.8. The molecule has 454 valence electrons. The van der Waals surface area contributed by atoms with Crippen LogP contribution in [0.1, 0.15) is 242 Å². The molecule has 6 bridgehead atoms. The highest BCUT2D eigenvalue weighted by molar-refractivity contribution is 6.88. The fourth-order valence-electron chi connectivity index (χ4n) is 13.7. The number of fused-ring (bicyclic) bond motifs is 14. The van der Waals surface area contributed by atoms with E-state index in [2.05, 4.69) is 146 Å². The molecule has 0 atom stereocenters. The minimum absolute atomic E-state index is 0.628. The first-order chi connectivity index (χ1) is 41.6. The van der Waals surface area contributed by atoms with Gasteiger partial charge in [0.05, 0.1) is 0 Å². The van der Waals surface area contributed by atoms with Crippen molar-refractivity contribution in [1.29, 1.82) is 0 Å². The van der Waals surface area contributed by atoms with Crippen molar-refractivity contribution in [3.8, 4) is 0 Å². The molecule has 6 heterocycles. The third-order valence-corrected chi connectivity index (χ3v) is 30.0. The van der Waals surface area contributed by atoms with Crippen LogP contribution in [0.25, 0.3) is 21.5 Å². The zero-order chi connectivity index (χ0) is 58.9. The smallest absolute Gasteiger partial charge is 0.404 e. The van der Waals surface area contributed by atoms with Gasteiger partial charge in [-0.15, -0.1) is 0 Å². The first-order valence-electron chi connectivity index (χ1n) is 34.3. The summed E-state index contributed by atoms with van der Waals surface area (Å²) in [7, 11) is -9.66. The van der Waals surface area contributed by atoms with Gasteiger partial charge in [-0.2, -0.15) is 0 Å². The lowest BCUT2D eigenvalue weighted by atomic mass is 10.0. The van der Waals surface area contributed by atoms with Crippen molar-refractivity contribution in [1.82, 2.24) is 8.47 Å². The average molecular weight is 1200 g/mol. The van der Waals surface area contributed by atoms with Crippen LogP contribution in [0.5, 0.6) is 0 Å². The van der Waals surface area contributed by atoms with Crippen LogP contribution >= 0.6 is 0 Å². The van der Waals surface area contributed by atoms with E-state index in [0.29, 0.717) is 23.3 Å². The zero-order valence-electron chi connectivity index (χ0n) is 53.2. The number of hydrogen-bond acceptors (Lipinski definition) is 8. The van der Waals surface area contributed by atoms with Crippen LogP contribution in [-0.2, 0) is 8.23 Å². The first kappa shape index (κ1) is 62.8. The molecule has 0 fully saturated rings. The lowest BCUT2D eigenvalue weighted by Crippen LogP contribution is -2.70. The molecule has 0 aliphatic carbocycles. The Balaban J connectivity index is 0.984. The van der Waals surface area contributed by atoms with E-state index >= 15 is 0 Å². The number of hydrogen-bond donors (Lipinski definition) is 0. The molecule has 4 aliphatic rings. The van der Waals surface area contributed by atoms with Gasteiger partial charge in [0.2, 0.25) is 0 Å². The van der Waals surface area contributed by atoms with E-state index in [1.54, 1.807) is 0 Å². The Labute approximate surface area is 513 Å². The van der Waals surface area contributed by atoms with Crippen LogP contribution in [0.3, 0.4) is 0 Å². The molecule has 6 aromatic rings. The lowest BCUT2D eigenvalue weighted by Gasteiger charge is -2.43. The summed E-state index contributed by atoms with van der Waals surface area (Å²) >= 11 is 0. The van der Waals surface area contributed by atoms with Gasteiger partial charge >= 0.3 is 8.88 Å². The standard InChI is InChI=1S/C72H102N8O2Si3/c1-7-9-11-13-15-17-19-21-23-25-27-29-31-33-35-45-55-83(3,4)81-85(82-84(5,6)56-46-36-34-32-30-28-26-24-22-20-18-16-14-12-10-8-2)79-69-61-51-41-42-52-62(61)71(79)77-67-59-49-39-40-50-60(59)68(74-67)78-72-64-54-44-43-53-63(64)70(80(72)85)76-66-58-48-38-37-47-57(58)65(73-66)75-69/h37-44,47-54H,7-36,45-46,55-56H2,1-6H3/b75-65-,75-69?,76-66?,76-70-,77-67-,77-71?,78-68?,78-72-. The maximum atomic E-state index is 8.57. The van der Waals surface area contributed by atoms with Crippen molar-refractivity contribution in [2.75, 3.05) is 0 Å². The molecule has 0 radical (unpaired) electrons. The zero-order valence-corrected chi connectivity index (χ0v) is 56.2. The van der Waals surface area contributed by atoms with E-state index in [4.69, 9.17) is 38.2 Å². The molecule has 0 amide bonds. The van der Waals surface area contributed by atoms with Crippen molar-refractivity contribution < 1.29 is 8.23 Å². The summed E-state index contributed by atoms with van der Waals surface area (Å²) in [5, 5.41) is 3.88. The van der Waals surface area contributed by atoms with E-state index in [1.807, 2.05) is 0 Å². The maximum absolute atomic E-state index is 8.57. The second-order valence-corrected chi connectivity index (χ2v) is 38.2. The van der Waals surface area contributed by atoms with Crippen LogP contribution in [0.4, 0.5) is 11.6 Å². The van der Waals surface area contributed by atoms with Crippen molar-refractivity contribution in [3.63, 3.8) is 0 Å². The summed E-state index contributed by atoms with van der Waals surface area (Å²) in [5.74, 6) is 3.99. The number of aliphatic imine (C=N–C) groups is 4. The predicted molar refractivity (Wildman–Crippen MR) is 367 cm³/mol. The minimum atomic E-state index is -4.26. The van der Waals surface area contributed by atoms with E-state index in [0.717, 1.165) is 91.3 Å². The van der Waals surface area contributed by atoms with E-state index in [1.165, 1.54) is 193 Å². The fraction of sp³-hybridized carbons (Fsp3) is 0.556. The highest BCUT2D eigenvalue weighted by Gasteiger charge is 2.58. The third-order valence-electron chi connectivity index (χ3n) is 18.4. The number of amidine groups is 4. The van der Waals surface area contributed by atoms with Crippen molar-refractivity contribution in [2.45, 2.75) is 258 Å². The van der Waals surface area contributed by atoms with Crippen LogP contribution in [-0.4, -0.2) is 57.3 Å². The average Bonchev–Trinajstić information content (AvgIpc) is 1.58. The molecule has 4 aliphatic heterocycles. The van der Waals surface area contributed by atoms with Crippen molar-refractivity contribution in [2.24, 2.45) is 30.0 Å². The summed E-state index contributed by atoms with van der Waals surface area (Å²) in [6, 6.07) is 36.1. The topological polar surface area (TPSA) is 102 Å². The Bertz CT molecular complexity index is 3230. The summed E-state index contributed by atoms with van der Waals surface area (Å²) < 4.78 is 21.9. The molecular weight excluding hydrogens is 1090 g/mol. The van der Waals surface area contributed by atoms with Gasteiger partial charge in [0.15, 0.2) is 40.0 Å². The Kier molecular flexibility index (Phi) is 22.6. The predicted octanol–water partition coefficient (Wildman–Crippen LogP) is 20.3. The molecule has 4 aromatic carbocycles. The van der Waals surface area contributed by atoms with Gasteiger partial charge in [0.25, 0.3) is 0 Å². The molecule has 85 heavy (non-hydrogen) atoms. The highest BCUT2D eigenvalue weighted by atomic mass is 28.5. The number of rotatable bonds is 38.